The van der Waals surface area contributed by atoms with Crippen molar-refractivity contribution >= 4 is 40.8 Å². The van der Waals surface area contributed by atoms with Crippen LogP contribution in [0.3, 0.4) is 0 Å². The first-order chi connectivity index (χ1) is 18.0. The van der Waals surface area contributed by atoms with E-state index < -0.39 is 53.1 Å². The molecule has 1 aliphatic rings. The van der Waals surface area contributed by atoms with E-state index in [4.69, 9.17) is 4.74 Å². The number of carboxylic acids is 2. The first-order valence-electron chi connectivity index (χ1n) is 12.5. The second kappa shape index (κ2) is 13.5. The number of aliphatic carboxylic acids is 2. The quantitative estimate of drug-likeness (QED) is 0.248. The average Bonchev–Trinajstić information content (AvgIpc) is 2.97. The van der Waals surface area contributed by atoms with Crippen molar-refractivity contribution in [1.82, 2.24) is 10.2 Å². The molecule has 2 atom stereocenters. The Labute approximate surface area is 236 Å². The Morgan fingerprint density at radius 3 is 2.21 bits per heavy atom. The lowest BCUT2D eigenvalue weighted by atomic mass is 9.88. The molecule has 3 rings (SSSR count). The third kappa shape index (κ3) is 7.43. The molecule has 1 heterocycles. The van der Waals surface area contributed by atoms with Crippen molar-refractivity contribution in [1.29, 1.82) is 0 Å². The van der Waals surface area contributed by atoms with E-state index in [1.807, 2.05) is 37.3 Å². The minimum Gasteiger partial charge on any atom is -0.496 e. The number of carbonyl (C=O) groups is 3. The Kier molecular flexibility index (Phi) is 11.2. The van der Waals surface area contributed by atoms with Crippen molar-refractivity contribution in [2.45, 2.75) is 56.0 Å². The molecule has 5 N–H and O–H groups in total. The lowest BCUT2D eigenvalue weighted by molar-refractivity contribution is -0.140. The molecule has 12 heteroatoms. The highest BCUT2D eigenvalue weighted by Gasteiger charge is 2.43. The van der Waals surface area contributed by atoms with Gasteiger partial charge in [0.25, 0.3) is 5.91 Å². The minimum atomic E-state index is -3.44. The van der Waals surface area contributed by atoms with Gasteiger partial charge in [-0.15, -0.1) is 12.4 Å². The summed E-state index contributed by atoms with van der Waals surface area (Å²) in [5.74, 6) is -3.55. The smallest absolute Gasteiger partial charge is 0.323 e. The number of nitrogens with zero attached hydrogens (tertiary/aromatic N) is 1. The highest BCUT2D eigenvalue weighted by atomic mass is 35.5. The van der Waals surface area contributed by atoms with Gasteiger partial charge in [0.2, 0.25) is 0 Å². The number of hydrogen-bond acceptors (Lipinski definition) is 7. The number of unbranched alkanes of at least 4 members (excludes halogenated alkanes) is 1. The maximum Gasteiger partial charge on any atom is 0.323 e. The van der Waals surface area contributed by atoms with Crippen molar-refractivity contribution in [3.8, 4) is 5.75 Å². The summed E-state index contributed by atoms with van der Waals surface area (Å²) in [5, 5.41) is 22.2. The molecule has 2 aromatic rings. The first kappa shape index (κ1) is 32.4. The van der Waals surface area contributed by atoms with Gasteiger partial charge in [-0.05, 0) is 30.5 Å². The average molecular weight is 585 g/mol. The zero-order valence-corrected chi connectivity index (χ0v) is 23.9. The molecule has 0 unspecified atom stereocenters. The number of rotatable bonds is 11. The second-order valence-electron chi connectivity index (χ2n) is 9.58. The molecular formula is C27H37ClN2O8S. The predicted octanol–water partition coefficient (Wildman–Crippen LogP) is 4.87. The summed E-state index contributed by atoms with van der Waals surface area (Å²) >= 11 is 0. The molecule has 0 saturated carbocycles. The summed E-state index contributed by atoms with van der Waals surface area (Å²) in [6, 6.07) is 12.0. The van der Waals surface area contributed by atoms with Crippen LogP contribution in [0.2, 0.25) is 0 Å². The molecule has 10 nitrogen and oxygen atoms in total. The molecule has 0 saturated heterocycles. The maximum atomic E-state index is 13.4. The van der Waals surface area contributed by atoms with Crippen molar-refractivity contribution in [3.63, 3.8) is 0 Å². The van der Waals surface area contributed by atoms with Crippen LogP contribution in [0.5, 0.6) is 5.75 Å². The van der Waals surface area contributed by atoms with Crippen LogP contribution in [0.4, 0.5) is 0 Å². The van der Waals surface area contributed by atoms with Crippen LogP contribution in [0, 0.1) is 0 Å². The normalized spacial score (nSPS) is 20.5. The summed E-state index contributed by atoms with van der Waals surface area (Å²) in [7, 11) is -2.10. The number of methoxy groups -OCH3 is 1. The molecule has 1 amide bonds. The number of ether oxygens (including phenoxy) is 1. The number of carbonyl (C=O) groups excluding carboxylic acids is 1. The second-order valence-corrected chi connectivity index (χ2v) is 11.6. The minimum absolute atomic E-state index is 0. The number of fused-ring (bicyclic) bond motifs is 1. The van der Waals surface area contributed by atoms with Gasteiger partial charge in [0.1, 0.15) is 18.8 Å². The van der Waals surface area contributed by atoms with Crippen LogP contribution in [0.1, 0.15) is 67.1 Å². The Bertz CT molecular complexity index is 1160. The van der Waals surface area contributed by atoms with Crippen molar-refractivity contribution < 1.29 is 38.4 Å². The third-order valence-electron chi connectivity index (χ3n) is 6.91. The number of carboxylic acid groups (broad SMARTS) is 2. The fourth-order valence-corrected chi connectivity index (χ4v) is 7.17. The molecular weight excluding hydrogens is 548 g/mol. The third-order valence-corrected chi connectivity index (χ3v) is 8.92. The van der Waals surface area contributed by atoms with Crippen LogP contribution in [-0.4, -0.2) is 73.6 Å². The summed E-state index contributed by atoms with van der Waals surface area (Å²) in [6.45, 7) is 2.39. The Morgan fingerprint density at radius 2 is 1.69 bits per heavy atom. The van der Waals surface area contributed by atoms with E-state index in [1.165, 1.54) is 13.2 Å². The van der Waals surface area contributed by atoms with E-state index in [9.17, 15) is 33.7 Å². The topological polar surface area (TPSA) is 157 Å². The number of halogens is 1. The van der Waals surface area contributed by atoms with Gasteiger partial charge < -0.3 is 19.8 Å². The molecule has 2 aromatic carbocycles. The van der Waals surface area contributed by atoms with E-state index in [0.717, 1.165) is 18.4 Å². The van der Waals surface area contributed by atoms with Crippen molar-refractivity contribution in [2.75, 3.05) is 26.0 Å². The lowest BCUT2D eigenvalue weighted by Crippen LogP contribution is -2.49. The number of benzene rings is 2. The highest BCUT2D eigenvalue weighted by molar-refractivity contribution is 8.24. The van der Waals surface area contributed by atoms with Crippen LogP contribution >= 0.6 is 23.0 Å². The van der Waals surface area contributed by atoms with Crippen LogP contribution in [0.15, 0.2) is 47.4 Å². The maximum absolute atomic E-state index is 13.4. The molecule has 216 valence electrons. The molecule has 0 aromatic heterocycles. The SMILES string of the molecule is CCCC[C@]1(CC)CS(O)(O)c2cc(C(=O)N(CC(=O)O)CC(=O)O)c(OC)cc2[C@@H](c2ccccc2)N1.Cl. The lowest BCUT2D eigenvalue weighted by Gasteiger charge is -2.42. The van der Waals surface area contributed by atoms with E-state index in [-0.39, 0.29) is 34.4 Å². The molecule has 1 aliphatic heterocycles. The van der Waals surface area contributed by atoms with Gasteiger partial charge in [0.05, 0.1) is 29.4 Å². The van der Waals surface area contributed by atoms with E-state index >= 15 is 0 Å². The Hall–Kier alpha value is -2.83. The molecule has 0 aliphatic carbocycles. The molecule has 0 spiro atoms. The fourth-order valence-electron chi connectivity index (χ4n) is 4.95. The molecule has 39 heavy (non-hydrogen) atoms. The number of hydrogen-bond donors (Lipinski definition) is 5. The number of nitrogens with one attached hydrogen (secondary N) is 1. The van der Waals surface area contributed by atoms with Crippen molar-refractivity contribution in [3.05, 3.63) is 59.2 Å². The molecule has 0 bridgehead atoms. The van der Waals surface area contributed by atoms with Crippen LogP contribution in [0.25, 0.3) is 0 Å². The zero-order chi connectivity index (χ0) is 28.1. The first-order valence-corrected chi connectivity index (χ1v) is 14.2. The molecule has 0 fully saturated rings. The van der Waals surface area contributed by atoms with Gasteiger partial charge in [-0.3, -0.25) is 28.8 Å². The Morgan fingerprint density at radius 1 is 1.08 bits per heavy atom. The largest absolute Gasteiger partial charge is 0.496 e. The van der Waals surface area contributed by atoms with Gasteiger partial charge in [-0.2, -0.15) is 10.6 Å². The van der Waals surface area contributed by atoms with Crippen molar-refractivity contribution in [2.24, 2.45) is 0 Å². The Balaban J connectivity index is 0.00000533. The predicted molar refractivity (Wildman–Crippen MR) is 151 cm³/mol. The molecule has 0 radical (unpaired) electrons. The standard InChI is InChI=1S/C27H36N2O8S.ClH/c1-4-6-12-27(5-2)17-38(35,36)22-14-19(26(34)29(15-23(30)31)16-24(32)33)21(37-3)13-20(22)25(28-27)18-10-8-7-9-11-18;/h7-11,13-14,25,28,35-36H,4-6,12,15-17H2,1-3H3,(H,30,31)(H,32,33);1H/t25-,27-;/m1./s1. The number of amides is 1. The van der Waals surface area contributed by atoms with Gasteiger partial charge >= 0.3 is 11.9 Å². The van der Waals surface area contributed by atoms with E-state index in [1.54, 1.807) is 6.07 Å². The summed E-state index contributed by atoms with van der Waals surface area (Å²) in [4.78, 5) is 36.9. The van der Waals surface area contributed by atoms with Crippen LogP contribution < -0.4 is 10.1 Å². The summed E-state index contributed by atoms with van der Waals surface area (Å²) in [6.07, 6.45) is 3.15. The van der Waals surface area contributed by atoms with Gasteiger partial charge in [-0.25, -0.2) is 0 Å². The van der Waals surface area contributed by atoms with Gasteiger partial charge in [-0.1, -0.05) is 57.0 Å². The van der Waals surface area contributed by atoms with Gasteiger partial charge in [0, 0.05) is 11.1 Å². The highest BCUT2D eigenvalue weighted by Crippen LogP contribution is 2.58. The van der Waals surface area contributed by atoms with Crippen LogP contribution in [-0.2, 0) is 9.59 Å². The van der Waals surface area contributed by atoms with Gasteiger partial charge in [0.15, 0.2) is 0 Å². The fraction of sp³-hybridized carbons (Fsp3) is 0.444. The summed E-state index contributed by atoms with van der Waals surface area (Å²) in [5.41, 5.74) is 0.668. The summed E-state index contributed by atoms with van der Waals surface area (Å²) < 4.78 is 28.7. The van der Waals surface area contributed by atoms with E-state index in [0.29, 0.717) is 23.3 Å². The van der Waals surface area contributed by atoms with E-state index in [2.05, 4.69) is 12.2 Å². The monoisotopic (exact) mass is 584 g/mol. The zero-order valence-electron chi connectivity index (χ0n) is 22.3.